The van der Waals surface area contributed by atoms with E-state index >= 15 is 0 Å². The lowest BCUT2D eigenvalue weighted by Gasteiger charge is -2.20. The van der Waals surface area contributed by atoms with Gasteiger partial charge < -0.3 is 19.5 Å². The van der Waals surface area contributed by atoms with Gasteiger partial charge in [0.25, 0.3) is 5.91 Å². The van der Waals surface area contributed by atoms with Gasteiger partial charge in [0.15, 0.2) is 11.4 Å². The van der Waals surface area contributed by atoms with Crippen LogP contribution in [-0.2, 0) is 9.53 Å². The van der Waals surface area contributed by atoms with E-state index in [0.29, 0.717) is 6.61 Å². The van der Waals surface area contributed by atoms with Crippen LogP contribution in [0.3, 0.4) is 0 Å². The lowest BCUT2D eigenvalue weighted by atomic mass is 10.2. The van der Waals surface area contributed by atoms with E-state index in [9.17, 15) is 9.59 Å². The fraction of sp³-hybridized carbons (Fsp3) is 0.353. The second-order valence-electron chi connectivity index (χ2n) is 5.39. The Morgan fingerprint density at radius 2 is 1.96 bits per heavy atom. The minimum absolute atomic E-state index is 0.0514. The van der Waals surface area contributed by atoms with E-state index in [-0.39, 0.29) is 18.1 Å². The van der Waals surface area contributed by atoms with Crippen LogP contribution in [-0.4, -0.2) is 65.1 Å². The van der Waals surface area contributed by atoms with Crippen molar-refractivity contribution >= 4 is 11.9 Å². The molecule has 1 atom stereocenters. The van der Waals surface area contributed by atoms with E-state index < -0.39 is 17.9 Å². The zero-order chi connectivity index (χ0) is 18.4. The Bertz CT molecular complexity index is 729. The molecule has 0 saturated carbocycles. The maximum atomic E-state index is 12.7. The Morgan fingerprint density at radius 1 is 1.28 bits per heavy atom. The SMILES string of the molecule is COCCOc1cn(-c2ccccc2)nc1C(=O)N(C)C(C)C(=O)O. The highest BCUT2D eigenvalue weighted by molar-refractivity contribution is 5.97. The third-order valence-electron chi connectivity index (χ3n) is 3.71. The van der Waals surface area contributed by atoms with Crippen molar-refractivity contribution in [2.75, 3.05) is 27.4 Å². The van der Waals surface area contributed by atoms with Gasteiger partial charge in [0.05, 0.1) is 18.5 Å². The predicted octanol–water partition coefficient (Wildman–Crippen LogP) is 1.44. The summed E-state index contributed by atoms with van der Waals surface area (Å²) in [6.45, 7) is 2.03. The molecule has 0 saturated heterocycles. The number of methoxy groups -OCH3 is 1. The average molecular weight is 347 g/mol. The molecule has 0 aliphatic heterocycles. The molecule has 0 spiro atoms. The number of hydrogen-bond donors (Lipinski definition) is 1. The second-order valence-corrected chi connectivity index (χ2v) is 5.39. The Balaban J connectivity index is 2.35. The molecular formula is C17H21N3O5. The molecule has 2 aromatic rings. The minimum Gasteiger partial charge on any atom is -0.487 e. The van der Waals surface area contributed by atoms with Gasteiger partial charge in [-0.3, -0.25) is 4.79 Å². The molecule has 0 radical (unpaired) electrons. The first-order chi connectivity index (χ1) is 12.0. The Hall–Kier alpha value is -2.87. The number of hydrogen-bond acceptors (Lipinski definition) is 5. The highest BCUT2D eigenvalue weighted by Gasteiger charge is 2.28. The van der Waals surface area contributed by atoms with E-state index in [0.717, 1.165) is 10.6 Å². The average Bonchev–Trinajstić information content (AvgIpc) is 3.05. The van der Waals surface area contributed by atoms with Gasteiger partial charge in [0.1, 0.15) is 12.6 Å². The molecule has 1 unspecified atom stereocenters. The van der Waals surface area contributed by atoms with Gasteiger partial charge in [-0.15, -0.1) is 0 Å². The lowest BCUT2D eigenvalue weighted by Crippen LogP contribution is -2.40. The lowest BCUT2D eigenvalue weighted by molar-refractivity contribution is -0.141. The monoisotopic (exact) mass is 347 g/mol. The van der Waals surface area contributed by atoms with E-state index in [1.54, 1.807) is 13.3 Å². The van der Waals surface area contributed by atoms with E-state index in [4.69, 9.17) is 14.6 Å². The van der Waals surface area contributed by atoms with Gasteiger partial charge in [0, 0.05) is 14.2 Å². The Kier molecular flexibility index (Phi) is 6.13. The summed E-state index contributed by atoms with van der Waals surface area (Å²) >= 11 is 0. The molecule has 0 aliphatic carbocycles. The molecule has 1 N–H and O–H groups in total. The number of amides is 1. The van der Waals surface area contributed by atoms with Crippen LogP contribution in [0, 0.1) is 0 Å². The quantitative estimate of drug-likeness (QED) is 0.726. The fourth-order valence-electron chi connectivity index (χ4n) is 2.07. The summed E-state index contributed by atoms with van der Waals surface area (Å²) in [5, 5.41) is 13.4. The first-order valence-corrected chi connectivity index (χ1v) is 7.72. The molecular weight excluding hydrogens is 326 g/mol. The minimum atomic E-state index is -1.10. The molecule has 2 rings (SSSR count). The first-order valence-electron chi connectivity index (χ1n) is 7.72. The van der Waals surface area contributed by atoms with Crippen molar-refractivity contribution in [3.63, 3.8) is 0 Å². The van der Waals surface area contributed by atoms with Crippen LogP contribution >= 0.6 is 0 Å². The molecule has 0 bridgehead atoms. The van der Waals surface area contributed by atoms with Crippen LogP contribution in [0.5, 0.6) is 5.75 Å². The molecule has 1 aromatic heterocycles. The zero-order valence-electron chi connectivity index (χ0n) is 14.4. The van der Waals surface area contributed by atoms with Crippen molar-refractivity contribution in [3.8, 4) is 11.4 Å². The molecule has 8 heteroatoms. The second kappa shape index (κ2) is 8.29. The molecule has 1 aromatic carbocycles. The molecule has 0 aliphatic rings. The number of carboxylic acids is 1. The number of aliphatic carboxylic acids is 1. The molecule has 1 heterocycles. The smallest absolute Gasteiger partial charge is 0.326 e. The van der Waals surface area contributed by atoms with Gasteiger partial charge in [-0.1, -0.05) is 18.2 Å². The number of rotatable bonds is 8. The number of carboxylic acid groups (broad SMARTS) is 1. The van der Waals surface area contributed by atoms with Crippen molar-refractivity contribution in [2.24, 2.45) is 0 Å². The summed E-state index contributed by atoms with van der Waals surface area (Å²) in [4.78, 5) is 24.9. The number of carbonyl (C=O) groups excluding carboxylic acids is 1. The van der Waals surface area contributed by atoms with E-state index in [1.165, 1.54) is 18.7 Å². The standard InChI is InChI=1S/C17H21N3O5/c1-12(17(22)23)19(2)16(21)15-14(25-10-9-24-3)11-20(18-15)13-7-5-4-6-8-13/h4-8,11-12H,9-10H2,1-3H3,(H,22,23). The molecule has 1 amide bonds. The number of carbonyl (C=O) groups is 2. The van der Waals surface area contributed by atoms with E-state index in [1.807, 2.05) is 30.3 Å². The number of benzene rings is 1. The first kappa shape index (κ1) is 18.5. The summed E-state index contributed by atoms with van der Waals surface area (Å²) in [6, 6.07) is 8.26. The van der Waals surface area contributed by atoms with Crippen LogP contribution in [0.2, 0.25) is 0 Å². The maximum Gasteiger partial charge on any atom is 0.326 e. The van der Waals surface area contributed by atoms with Crippen LogP contribution in [0.15, 0.2) is 36.5 Å². The van der Waals surface area contributed by atoms with Gasteiger partial charge in [0.2, 0.25) is 0 Å². The summed E-state index contributed by atoms with van der Waals surface area (Å²) in [7, 11) is 2.97. The third-order valence-corrected chi connectivity index (χ3v) is 3.71. The Labute approximate surface area is 145 Å². The number of ether oxygens (including phenoxy) is 2. The molecule has 8 nitrogen and oxygen atoms in total. The zero-order valence-corrected chi connectivity index (χ0v) is 14.4. The van der Waals surface area contributed by atoms with Crippen LogP contribution in [0.1, 0.15) is 17.4 Å². The van der Waals surface area contributed by atoms with Crippen molar-refractivity contribution < 1.29 is 24.2 Å². The van der Waals surface area contributed by atoms with Gasteiger partial charge in [-0.05, 0) is 19.1 Å². The van der Waals surface area contributed by atoms with Crippen LogP contribution in [0.25, 0.3) is 5.69 Å². The molecule has 0 fully saturated rings. The maximum absolute atomic E-state index is 12.7. The van der Waals surface area contributed by atoms with Crippen molar-refractivity contribution in [2.45, 2.75) is 13.0 Å². The van der Waals surface area contributed by atoms with E-state index in [2.05, 4.69) is 5.10 Å². The molecule has 134 valence electrons. The highest BCUT2D eigenvalue weighted by atomic mass is 16.5. The number of likely N-dealkylation sites (N-methyl/N-ethyl adjacent to an activating group) is 1. The largest absolute Gasteiger partial charge is 0.487 e. The summed E-state index contributed by atoms with van der Waals surface area (Å²) in [5.41, 5.74) is 0.808. The Morgan fingerprint density at radius 3 is 2.56 bits per heavy atom. The van der Waals surface area contributed by atoms with Gasteiger partial charge in [-0.2, -0.15) is 5.10 Å². The molecule has 25 heavy (non-hydrogen) atoms. The topological polar surface area (TPSA) is 93.9 Å². The van der Waals surface area contributed by atoms with Crippen molar-refractivity contribution in [1.82, 2.24) is 14.7 Å². The number of nitrogens with zero attached hydrogens (tertiary/aromatic N) is 3. The number of para-hydroxylation sites is 1. The summed E-state index contributed by atoms with van der Waals surface area (Å²) in [6.07, 6.45) is 1.59. The fourth-order valence-corrected chi connectivity index (χ4v) is 2.07. The summed E-state index contributed by atoms with van der Waals surface area (Å²) in [5.74, 6) is -1.35. The summed E-state index contributed by atoms with van der Waals surface area (Å²) < 4.78 is 12.1. The normalized spacial score (nSPS) is 11.8. The van der Waals surface area contributed by atoms with Crippen molar-refractivity contribution in [1.29, 1.82) is 0 Å². The van der Waals surface area contributed by atoms with Crippen LogP contribution < -0.4 is 4.74 Å². The van der Waals surface area contributed by atoms with Gasteiger partial charge in [-0.25, -0.2) is 9.48 Å². The van der Waals surface area contributed by atoms with Gasteiger partial charge >= 0.3 is 5.97 Å². The highest BCUT2D eigenvalue weighted by Crippen LogP contribution is 2.22. The van der Waals surface area contributed by atoms with Crippen molar-refractivity contribution in [3.05, 3.63) is 42.2 Å². The predicted molar refractivity (Wildman–Crippen MR) is 90.1 cm³/mol. The number of aromatic nitrogens is 2. The third kappa shape index (κ3) is 4.36. The van der Waals surface area contributed by atoms with Crippen LogP contribution in [0.4, 0.5) is 0 Å².